The Hall–Kier alpha value is -0.300. The zero-order chi connectivity index (χ0) is 7.82. The van der Waals surface area contributed by atoms with Gasteiger partial charge in [0.2, 0.25) is 0 Å². The third-order valence-corrected chi connectivity index (χ3v) is 1.58. The maximum Gasteiger partial charge on any atom is -0.00425 e. The first-order chi connectivity index (χ1) is 4.81. The zero-order valence-electron chi connectivity index (χ0n) is 7.19. The van der Waals surface area contributed by atoms with Crippen LogP contribution in [0, 0.1) is 0 Å². The van der Waals surface area contributed by atoms with Crippen LogP contribution in [0.5, 0.6) is 0 Å². The van der Waals surface area contributed by atoms with Crippen molar-refractivity contribution in [2.75, 3.05) is 6.54 Å². The van der Waals surface area contributed by atoms with Crippen molar-refractivity contribution in [3.63, 3.8) is 0 Å². The zero-order valence-corrected chi connectivity index (χ0v) is 7.19. The summed E-state index contributed by atoms with van der Waals surface area (Å²) in [7, 11) is 0. The van der Waals surface area contributed by atoms with Crippen LogP contribution in [0.4, 0.5) is 0 Å². The summed E-state index contributed by atoms with van der Waals surface area (Å²) in [5.41, 5.74) is 6.85. The molecule has 0 saturated carbocycles. The van der Waals surface area contributed by atoms with Gasteiger partial charge in [-0.1, -0.05) is 25.0 Å². The summed E-state index contributed by atoms with van der Waals surface area (Å²) < 4.78 is 0. The molecule has 1 nitrogen and oxygen atoms in total. The van der Waals surface area contributed by atoms with Crippen LogP contribution >= 0.6 is 0 Å². The van der Waals surface area contributed by atoms with Crippen molar-refractivity contribution in [2.24, 2.45) is 5.73 Å². The number of unbranched alkanes of at least 4 members (excludes halogenated alkanes) is 1. The third-order valence-electron chi connectivity index (χ3n) is 1.58. The maximum atomic E-state index is 5.36. The van der Waals surface area contributed by atoms with Crippen LogP contribution in [-0.2, 0) is 0 Å². The van der Waals surface area contributed by atoms with Gasteiger partial charge in [-0.3, -0.25) is 0 Å². The molecule has 0 aromatic heterocycles. The fourth-order valence-corrected chi connectivity index (χ4v) is 0.887. The van der Waals surface area contributed by atoms with Gasteiger partial charge in [0.1, 0.15) is 0 Å². The highest BCUT2D eigenvalue weighted by atomic mass is 14.5. The molecule has 0 aliphatic rings. The molecule has 0 atom stereocenters. The number of rotatable bonds is 5. The smallest absolute Gasteiger partial charge is 0.00425 e. The number of nitrogens with two attached hydrogens (primary N) is 1. The Balaban J connectivity index is 3.30. The molecule has 0 spiro atoms. The summed E-state index contributed by atoms with van der Waals surface area (Å²) in [6.45, 7) is 5.19. The highest BCUT2D eigenvalue weighted by molar-refractivity contribution is 4.97. The Kier molecular flexibility index (Phi) is 6.61. The Morgan fingerprint density at radius 1 is 1.50 bits per heavy atom. The fraction of sp³-hybridized carbons (Fsp3) is 0.778. The molecular weight excluding hydrogens is 122 g/mol. The minimum Gasteiger partial charge on any atom is -0.330 e. The third kappa shape index (κ3) is 5.83. The Morgan fingerprint density at radius 2 is 2.20 bits per heavy atom. The largest absolute Gasteiger partial charge is 0.330 e. The molecule has 0 amide bonds. The predicted molar refractivity (Wildman–Crippen MR) is 47.0 cm³/mol. The molecule has 0 fully saturated rings. The molecule has 0 aliphatic heterocycles. The second-order valence-corrected chi connectivity index (χ2v) is 2.73. The van der Waals surface area contributed by atoms with Gasteiger partial charge in [-0.05, 0) is 32.7 Å². The predicted octanol–water partition coefficient (Wildman–Crippen LogP) is 2.47. The first-order valence-corrected chi connectivity index (χ1v) is 4.17. The molecule has 0 heterocycles. The highest BCUT2D eigenvalue weighted by Gasteiger charge is 1.86. The summed E-state index contributed by atoms with van der Waals surface area (Å²) in [5, 5.41) is 0. The van der Waals surface area contributed by atoms with Crippen LogP contribution in [0.3, 0.4) is 0 Å². The van der Waals surface area contributed by atoms with Crippen molar-refractivity contribution in [1.82, 2.24) is 0 Å². The number of allylic oxidation sites excluding steroid dienone is 1. The van der Waals surface area contributed by atoms with Crippen LogP contribution in [0.2, 0.25) is 0 Å². The summed E-state index contributed by atoms with van der Waals surface area (Å²) in [4.78, 5) is 0. The van der Waals surface area contributed by atoms with Gasteiger partial charge in [0, 0.05) is 0 Å². The van der Waals surface area contributed by atoms with Crippen LogP contribution in [-0.4, -0.2) is 6.54 Å². The Morgan fingerprint density at radius 3 is 2.70 bits per heavy atom. The van der Waals surface area contributed by atoms with Gasteiger partial charge in [0.25, 0.3) is 0 Å². The Labute approximate surface area is 64.3 Å². The van der Waals surface area contributed by atoms with Crippen molar-refractivity contribution in [2.45, 2.75) is 39.5 Å². The molecule has 2 N–H and O–H groups in total. The summed E-state index contributed by atoms with van der Waals surface area (Å²) >= 11 is 0. The lowest BCUT2D eigenvalue weighted by molar-refractivity contribution is 0.782. The van der Waals surface area contributed by atoms with E-state index in [1.807, 2.05) is 0 Å². The van der Waals surface area contributed by atoms with E-state index < -0.39 is 0 Å². The summed E-state index contributed by atoms with van der Waals surface area (Å²) in [6.07, 6.45) is 7.13. The van der Waals surface area contributed by atoms with Gasteiger partial charge in [0.15, 0.2) is 0 Å². The van der Waals surface area contributed by atoms with E-state index in [0.717, 1.165) is 13.0 Å². The van der Waals surface area contributed by atoms with Crippen LogP contribution in [0.15, 0.2) is 11.6 Å². The van der Waals surface area contributed by atoms with Crippen LogP contribution in [0.25, 0.3) is 0 Å². The monoisotopic (exact) mass is 141 g/mol. The second kappa shape index (κ2) is 6.81. The van der Waals surface area contributed by atoms with Gasteiger partial charge in [0.05, 0.1) is 0 Å². The lowest BCUT2D eigenvalue weighted by atomic mass is 10.1. The molecule has 0 aromatic carbocycles. The van der Waals surface area contributed by atoms with E-state index in [4.69, 9.17) is 5.73 Å². The standard InChI is InChI=1S/C9H19N/c1-3-4-6-9(2)7-5-8-10/h7H,3-6,8,10H2,1-2H3. The normalized spacial score (nSPS) is 12.1. The van der Waals surface area contributed by atoms with Gasteiger partial charge in [-0.25, -0.2) is 0 Å². The molecule has 0 rings (SSSR count). The van der Waals surface area contributed by atoms with Gasteiger partial charge < -0.3 is 5.73 Å². The minimum atomic E-state index is 0.781. The first kappa shape index (κ1) is 9.70. The van der Waals surface area contributed by atoms with Crippen LogP contribution in [0.1, 0.15) is 39.5 Å². The molecule has 0 saturated heterocycles. The van der Waals surface area contributed by atoms with Crippen molar-refractivity contribution in [3.8, 4) is 0 Å². The highest BCUT2D eigenvalue weighted by Crippen LogP contribution is 2.05. The van der Waals surface area contributed by atoms with E-state index in [9.17, 15) is 0 Å². The molecule has 0 bridgehead atoms. The van der Waals surface area contributed by atoms with E-state index in [2.05, 4.69) is 19.9 Å². The second-order valence-electron chi connectivity index (χ2n) is 2.73. The maximum absolute atomic E-state index is 5.36. The lowest BCUT2D eigenvalue weighted by Gasteiger charge is -1.97. The lowest BCUT2D eigenvalue weighted by Crippen LogP contribution is -1.95. The summed E-state index contributed by atoms with van der Waals surface area (Å²) in [6, 6.07) is 0. The fourth-order valence-electron chi connectivity index (χ4n) is 0.887. The van der Waals surface area contributed by atoms with Crippen molar-refractivity contribution in [1.29, 1.82) is 0 Å². The molecular formula is C9H19N. The molecule has 0 unspecified atom stereocenters. The molecule has 0 radical (unpaired) electrons. The molecule has 60 valence electrons. The van der Waals surface area contributed by atoms with E-state index in [1.165, 1.54) is 24.8 Å². The molecule has 1 heteroatoms. The first-order valence-electron chi connectivity index (χ1n) is 4.17. The van der Waals surface area contributed by atoms with E-state index in [0.29, 0.717) is 0 Å². The minimum absolute atomic E-state index is 0.781. The van der Waals surface area contributed by atoms with Gasteiger partial charge >= 0.3 is 0 Å². The molecule has 0 aliphatic carbocycles. The Bertz CT molecular complexity index is 94.9. The van der Waals surface area contributed by atoms with Crippen molar-refractivity contribution in [3.05, 3.63) is 11.6 Å². The topological polar surface area (TPSA) is 26.0 Å². The van der Waals surface area contributed by atoms with Gasteiger partial charge in [-0.15, -0.1) is 0 Å². The summed E-state index contributed by atoms with van der Waals surface area (Å²) in [5.74, 6) is 0. The average molecular weight is 141 g/mol. The quantitative estimate of drug-likeness (QED) is 0.585. The average Bonchev–Trinajstić information content (AvgIpc) is 1.97. The molecule has 10 heavy (non-hydrogen) atoms. The number of hydrogen-bond acceptors (Lipinski definition) is 1. The van der Waals surface area contributed by atoms with Crippen molar-refractivity contribution >= 4 is 0 Å². The SMILES string of the molecule is CCCCC(C)=CCCN. The van der Waals surface area contributed by atoms with E-state index in [-0.39, 0.29) is 0 Å². The van der Waals surface area contributed by atoms with Gasteiger partial charge in [-0.2, -0.15) is 0 Å². The van der Waals surface area contributed by atoms with E-state index in [1.54, 1.807) is 0 Å². The van der Waals surface area contributed by atoms with E-state index >= 15 is 0 Å². The van der Waals surface area contributed by atoms with Crippen LogP contribution < -0.4 is 5.73 Å². The van der Waals surface area contributed by atoms with Crippen molar-refractivity contribution < 1.29 is 0 Å². The number of hydrogen-bond donors (Lipinski definition) is 1. The molecule has 0 aromatic rings.